The largest absolute Gasteiger partial charge is 0.470 e. The number of ketones is 2. The smallest absolute Gasteiger partial charge is 0.392 e. The Morgan fingerprint density at radius 1 is 1.24 bits per heavy atom. The molecule has 0 bridgehead atoms. The monoisotopic (exact) mass is 490 g/mol. The lowest BCUT2D eigenvalue weighted by Crippen LogP contribution is -2.72. The molecule has 0 heterocycles. The minimum Gasteiger partial charge on any atom is -0.392 e. The number of phosphoric ester groups is 1. The molecule has 1 unspecified atom stereocenters. The van der Waals surface area contributed by atoms with Crippen LogP contribution in [0.3, 0.4) is 0 Å². The fourth-order valence-electron chi connectivity index (χ4n) is 7.81. The summed E-state index contributed by atoms with van der Waals surface area (Å²) < 4.78 is 32.6. The molecule has 4 aliphatic rings. The zero-order valence-corrected chi connectivity index (χ0v) is 19.8. The van der Waals surface area contributed by atoms with Crippen molar-refractivity contribution < 1.29 is 48.2 Å². The first-order chi connectivity index (χ1) is 15.0. The van der Waals surface area contributed by atoms with Crippen LogP contribution < -0.4 is 0 Å². The van der Waals surface area contributed by atoms with Gasteiger partial charge in [-0.05, 0) is 43.6 Å². The van der Waals surface area contributed by atoms with E-state index in [2.05, 4.69) is 4.52 Å². The Morgan fingerprint density at radius 3 is 2.48 bits per heavy atom. The van der Waals surface area contributed by atoms with Crippen LogP contribution in [0.25, 0.3) is 0 Å². The third kappa shape index (κ3) is 3.15. The Kier molecular flexibility index (Phi) is 5.70. The van der Waals surface area contributed by atoms with Gasteiger partial charge < -0.3 is 25.1 Å². The van der Waals surface area contributed by atoms with Gasteiger partial charge in [-0.1, -0.05) is 26.3 Å². The number of fused-ring (bicyclic) bond motifs is 5. The molecule has 11 heteroatoms. The maximum absolute atomic E-state index is 17.1. The van der Waals surface area contributed by atoms with E-state index in [0.717, 1.165) is 0 Å². The number of hydrogen-bond donors (Lipinski definition) is 5. The number of phosphoric acid groups is 1. The van der Waals surface area contributed by atoms with Gasteiger partial charge in [0.2, 0.25) is 0 Å². The summed E-state index contributed by atoms with van der Waals surface area (Å²) in [5.74, 6) is -3.24. The van der Waals surface area contributed by atoms with Crippen molar-refractivity contribution in [1.82, 2.24) is 0 Å². The number of aliphatic hydroxyl groups excluding tert-OH is 2. The van der Waals surface area contributed by atoms with Gasteiger partial charge in [-0.3, -0.25) is 14.1 Å². The first-order valence-corrected chi connectivity index (χ1v) is 12.8. The number of hydrogen-bond acceptors (Lipinski definition) is 7. The lowest BCUT2D eigenvalue weighted by atomic mass is 9.43. The number of alkyl halides is 1. The molecule has 0 aliphatic heterocycles. The van der Waals surface area contributed by atoms with Crippen LogP contribution in [0.2, 0.25) is 0 Å². The highest BCUT2D eigenvalue weighted by Crippen LogP contribution is 2.71. The van der Waals surface area contributed by atoms with Gasteiger partial charge >= 0.3 is 7.82 Å². The molecule has 0 aromatic heterocycles. The molecule has 0 aromatic rings. The number of aliphatic hydroxyl groups is 3. The molecule has 4 rings (SSSR count). The number of carbonyl (C=O) groups is 2. The molecule has 0 spiro atoms. The Bertz CT molecular complexity index is 964. The average Bonchev–Trinajstić information content (AvgIpc) is 2.89. The first kappa shape index (κ1) is 25.1. The normalized spacial score (nSPS) is 49.7. The van der Waals surface area contributed by atoms with Crippen molar-refractivity contribution in [3.63, 3.8) is 0 Å². The first-order valence-electron chi connectivity index (χ1n) is 11.3. The highest BCUT2D eigenvalue weighted by Gasteiger charge is 2.76. The van der Waals surface area contributed by atoms with E-state index in [-0.39, 0.29) is 31.5 Å². The minimum absolute atomic E-state index is 0.244. The Labute approximate surface area is 191 Å². The van der Waals surface area contributed by atoms with Crippen molar-refractivity contribution >= 4 is 19.4 Å². The maximum Gasteiger partial charge on any atom is 0.470 e. The molecule has 9 nitrogen and oxygen atoms in total. The standard InChI is InChI=1S/C22H32FO9P/c1-11-6-15-14-5-4-12-7-13(24)8-16(25)20(12,3)21(14,23)17(26)9-19(15,2)22(11,28)18(27)10-32-33(29,30)31/h7,11,14-17,25-26,28H,4-6,8-10H2,1-3H3,(H2,29,30,31)/t11-,14+,15+,16?,17+,19+,20-,21+,22+/m1/s1. The van der Waals surface area contributed by atoms with Crippen LogP contribution in [-0.4, -0.2) is 66.8 Å². The van der Waals surface area contributed by atoms with Gasteiger partial charge in [0.05, 0.1) is 17.6 Å². The molecule has 186 valence electrons. The molecular formula is C22H32FO9P. The second-order valence-electron chi connectivity index (χ2n) is 10.8. The minimum atomic E-state index is -4.95. The number of carbonyl (C=O) groups excluding carboxylic acids is 2. The third-order valence-electron chi connectivity index (χ3n) is 9.51. The summed E-state index contributed by atoms with van der Waals surface area (Å²) in [4.78, 5) is 43.0. The van der Waals surface area contributed by atoms with E-state index in [1.807, 2.05) is 0 Å². The highest BCUT2D eigenvalue weighted by molar-refractivity contribution is 7.46. The predicted molar refractivity (Wildman–Crippen MR) is 112 cm³/mol. The van der Waals surface area contributed by atoms with Gasteiger partial charge in [-0.25, -0.2) is 8.96 Å². The molecule has 0 amide bonds. The number of halogens is 1. The topological polar surface area (TPSA) is 162 Å². The summed E-state index contributed by atoms with van der Waals surface area (Å²) in [6, 6.07) is 0. The van der Waals surface area contributed by atoms with E-state index >= 15 is 4.39 Å². The quantitative estimate of drug-likeness (QED) is 0.365. The maximum atomic E-state index is 17.1. The summed E-state index contributed by atoms with van der Waals surface area (Å²) in [5.41, 5.74) is -6.66. The summed E-state index contributed by atoms with van der Waals surface area (Å²) in [6.45, 7) is 3.75. The molecule has 0 saturated heterocycles. The zero-order chi connectivity index (χ0) is 24.8. The number of Topliss-reactive ketones (excluding diaryl/α,β-unsaturated/α-hetero) is 1. The fraction of sp³-hybridized carbons (Fsp3) is 0.818. The Morgan fingerprint density at radius 2 is 1.88 bits per heavy atom. The lowest BCUT2D eigenvalue weighted by Gasteiger charge is -2.64. The third-order valence-corrected chi connectivity index (χ3v) is 9.98. The van der Waals surface area contributed by atoms with Crippen molar-refractivity contribution in [2.24, 2.45) is 28.6 Å². The van der Waals surface area contributed by atoms with Crippen LogP contribution in [0.5, 0.6) is 0 Å². The van der Waals surface area contributed by atoms with Gasteiger partial charge in [0.1, 0.15) is 12.2 Å². The van der Waals surface area contributed by atoms with Crippen LogP contribution >= 0.6 is 7.82 Å². The van der Waals surface area contributed by atoms with Gasteiger partial charge in [-0.15, -0.1) is 0 Å². The van der Waals surface area contributed by atoms with E-state index in [9.17, 15) is 29.5 Å². The molecular weight excluding hydrogens is 458 g/mol. The summed E-state index contributed by atoms with van der Waals surface area (Å²) in [5, 5.41) is 33.7. The van der Waals surface area contributed by atoms with Crippen LogP contribution in [0.15, 0.2) is 11.6 Å². The molecule has 3 saturated carbocycles. The van der Waals surface area contributed by atoms with Crippen LogP contribution in [0, 0.1) is 28.6 Å². The van der Waals surface area contributed by atoms with E-state index in [0.29, 0.717) is 12.0 Å². The Hall–Kier alpha value is -1.00. The second kappa shape index (κ2) is 7.50. The van der Waals surface area contributed by atoms with E-state index in [1.165, 1.54) is 13.0 Å². The Balaban J connectivity index is 1.76. The SMILES string of the molecule is C[C@@H]1C[C@H]2[C@@H]3CCC4=CC(=O)CC(O)[C@]4(C)[C@@]3(F)[C@@H](O)C[C@]2(C)[C@@]1(O)C(=O)COP(=O)(O)O. The molecule has 4 aliphatic carbocycles. The summed E-state index contributed by atoms with van der Waals surface area (Å²) in [6.07, 6.45) is -1.26. The van der Waals surface area contributed by atoms with Crippen molar-refractivity contribution in [2.75, 3.05) is 6.61 Å². The van der Waals surface area contributed by atoms with Crippen molar-refractivity contribution in [3.8, 4) is 0 Å². The molecule has 3 fully saturated rings. The number of rotatable bonds is 4. The molecule has 0 aromatic carbocycles. The van der Waals surface area contributed by atoms with Gasteiger partial charge in [-0.2, -0.15) is 0 Å². The molecule has 33 heavy (non-hydrogen) atoms. The average molecular weight is 490 g/mol. The summed E-state index contributed by atoms with van der Waals surface area (Å²) in [7, 11) is -4.95. The van der Waals surface area contributed by atoms with Gasteiger partial charge in [0, 0.05) is 17.8 Å². The molecule has 9 atom stereocenters. The second-order valence-corrected chi connectivity index (χ2v) is 12.0. The highest BCUT2D eigenvalue weighted by atomic mass is 31.2. The van der Waals surface area contributed by atoms with Gasteiger partial charge in [0.15, 0.2) is 17.2 Å². The molecule has 5 N–H and O–H groups in total. The summed E-state index contributed by atoms with van der Waals surface area (Å²) >= 11 is 0. The fourth-order valence-corrected chi connectivity index (χ4v) is 8.09. The van der Waals surface area contributed by atoms with E-state index in [1.54, 1.807) is 13.8 Å². The van der Waals surface area contributed by atoms with E-state index < -0.39 is 72.3 Å². The van der Waals surface area contributed by atoms with Crippen molar-refractivity contribution in [1.29, 1.82) is 0 Å². The van der Waals surface area contributed by atoms with Crippen molar-refractivity contribution in [3.05, 3.63) is 11.6 Å². The van der Waals surface area contributed by atoms with Crippen LogP contribution in [-0.2, 0) is 18.7 Å². The zero-order valence-electron chi connectivity index (χ0n) is 18.9. The molecule has 0 radical (unpaired) electrons. The van der Waals surface area contributed by atoms with Crippen LogP contribution in [0.4, 0.5) is 4.39 Å². The predicted octanol–water partition coefficient (Wildman–Crippen LogP) is 1.21. The lowest BCUT2D eigenvalue weighted by molar-refractivity contribution is -0.242. The van der Waals surface area contributed by atoms with E-state index in [4.69, 9.17) is 9.79 Å². The van der Waals surface area contributed by atoms with Crippen molar-refractivity contribution in [2.45, 2.75) is 76.4 Å². The van der Waals surface area contributed by atoms with Crippen LogP contribution in [0.1, 0.15) is 52.9 Å². The van der Waals surface area contributed by atoms with Gasteiger partial charge in [0.25, 0.3) is 0 Å².